The molecule has 1 amide bonds. The topological polar surface area (TPSA) is 109 Å². The number of nitrogens with zero attached hydrogens (tertiary/aromatic N) is 2. The summed E-state index contributed by atoms with van der Waals surface area (Å²) in [5, 5.41) is 13.8. The fraction of sp³-hybridized carbons (Fsp3) is 0.227. The maximum Gasteiger partial charge on any atom is 0.258 e. The first-order chi connectivity index (χ1) is 14.6. The number of amides is 1. The Morgan fingerprint density at radius 1 is 1.10 bits per heavy atom. The number of hydrogen-bond acceptors (Lipinski definition) is 6. The zero-order valence-electron chi connectivity index (χ0n) is 17.3. The number of halogens is 1. The second-order valence-electron chi connectivity index (χ2n) is 7.19. The summed E-state index contributed by atoms with van der Waals surface area (Å²) in [5.41, 5.74) is -0.121. The van der Waals surface area contributed by atoms with Crippen LogP contribution in [0.2, 0.25) is 0 Å². The largest absolute Gasteiger partial charge is 0.380 e. The molecule has 0 bridgehead atoms. The smallest absolute Gasteiger partial charge is 0.258 e. The van der Waals surface area contributed by atoms with Crippen molar-refractivity contribution in [3.8, 4) is 0 Å². The predicted octanol–water partition coefficient (Wildman–Crippen LogP) is 3.23. The van der Waals surface area contributed by atoms with Crippen molar-refractivity contribution in [2.45, 2.75) is 30.8 Å². The van der Waals surface area contributed by atoms with Gasteiger partial charge >= 0.3 is 0 Å². The number of benzene rings is 1. The summed E-state index contributed by atoms with van der Waals surface area (Å²) in [6, 6.07) is 9.17. The first-order valence-electron chi connectivity index (χ1n) is 9.47. The van der Waals surface area contributed by atoms with Gasteiger partial charge in [0.2, 0.25) is 0 Å². The molecule has 31 heavy (non-hydrogen) atoms. The molecule has 0 aliphatic rings. The molecule has 3 rings (SSSR count). The first kappa shape index (κ1) is 22.5. The predicted molar refractivity (Wildman–Crippen MR) is 114 cm³/mol. The van der Waals surface area contributed by atoms with Crippen molar-refractivity contribution < 1.29 is 22.7 Å². The molecular formula is C22H22FN3O4S. The Labute approximate surface area is 179 Å². The van der Waals surface area contributed by atoms with Crippen LogP contribution >= 0.6 is 0 Å². The van der Waals surface area contributed by atoms with Gasteiger partial charge in [-0.25, -0.2) is 17.8 Å². The van der Waals surface area contributed by atoms with Gasteiger partial charge in [-0.2, -0.15) is 0 Å². The summed E-state index contributed by atoms with van der Waals surface area (Å²) < 4.78 is 37.0. The monoisotopic (exact) mass is 443 g/mol. The van der Waals surface area contributed by atoms with E-state index >= 15 is 0 Å². The van der Waals surface area contributed by atoms with E-state index in [1.165, 1.54) is 37.5 Å². The molecule has 0 saturated heterocycles. The van der Waals surface area contributed by atoms with Crippen LogP contribution in [-0.2, 0) is 15.4 Å². The van der Waals surface area contributed by atoms with E-state index in [4.69, 9.17) is 0 Å². The van der Waals surface area contributed by atoms with E-state index in [2.05, 4.69) is 15.3 Å². The van der Waals surface area contributed by atoms with Gasteiger partial charge in [-0.05, 0) is 37.1 Å². The van der Waals surface area contributed by atoms with E-state index in [1.807, 2.05) is 0 Å². The van der Waals surface area contributed by atoms with E-state index in [0.29, 0.717) is 17.5 Å². The first-order valence-corrected chi connectivity index (χ1v) is 11.4. The lowest BCUT2D eigenvalue weighted by molar-refractivity contribution is 0.0761. The number of rotatable bonds is 6. The molecule has 2 aromatic heterocycles. The molecule has 1 unspecified atom stereocenters. The molecule has 0 aliphatic carbocycles. The molecule has 0 saturated carbocycles. The van der Waals surface area contributed by atoms with Crippen molar-refractivity contribution in [2.24, 2.45) is 0 Å². The molecular weight excluding hydrogens is 421 g/mol. The normalized spacial score (nSPS) is 13.5. The van der Waals surface area contributed by atoms with E-state index in [1.54, 1.807) is 25.1 Å². The van der Waals surface area contributed by atoms with Gasteiger partial charge < -0.3 is 10.4 Å². The van der Waals surface area contributed by atoms with Gasteiger partial charge in [0.25, 0.3) is 5.91 Å². The zero-order chi connectivity index (χ0) is 22.8. The molecule has 0 radical (unpaired) electrons. The Morgan fingerprint density at radius 3 is 2.29 bits per heavy atom. The van der Waals surface area contributed by atoms with Crippen LogP contribution in [0.15, 0.2) is 59.9 Å². The second-order valence-corrected chi connectivity index (χ2v) is 9.21. The van der Waals surface area contributed by atoms with Gasteiger partial charge in [-0.3, -0.25) is 9.78 Å². The highest BCUT2D eigenvalue weighted by Crippen LogP contribution is 2.33. The number of pyridine rings is 2. The minimum absolute atomic E-state index is 0.0990. The van der Waals surface area contributed by atoms with Gasteiger partial charge in [0, 0.05) is 29.8 Å². The summed E-state index contributed by atoms with van der Waals surface area (Å²) in [6.45, 7) is 3.28. The fourth-order valence-corrected chi connectivity index (χ4v) is 3.81. The molecule has 2 heterocycles. The zero-order valence-corrected chi connectivity index (χ0v) is 18.1. The summed E-state index contributed by atoms with van der Waals surface area (Å²) in [6.07, 6.45) is 5.17. The third-order valence-electron chi connectivity index (χ3n) is 5.15. The lowest BCUT2D eigenvalue weighted by Crippen LogP contribution is -2.26. The summed E-state index contributed by atoms with van der Waals surface area (Å²) in [7, 11) is -3.34. The van der Waals surface area contributed by atoms with Crippen LogP contribution in [0.4, 0.5) is 10.2 Å². The van der Waals surface area contributed by atoms with E-state index in [0.717, 1.165) is 12.5 Å². The SMILES string of the molecule is CCC(O)(c1ccc(S(C)(=O)=O)cc1)c1ccc(NC(=O)c2cncc(F)c2C)nc1. The highest BCUT2D eigenvalue weighted by Gasteiger charge is 2.30. The van der Waals surface area contributed by atoms with Crippen molar-refractivity contribution in [1.82, 2.24) is 9.97 Å². The maximum atomic E-state index is 13.6. The van der Waals surface area contributed by atoms with Crippen LogP contribution in [0.1, 0.15) is 40.4 Å². The van der Waals surface area contributed by atoms with Crippen molar-refractivity contribution in [2.75, 3.05) is 11.6 Å². The van der Waals surface area contributed by atoms with Crippen LogP contribution in [0.25, 0.3) is 0 Å². The highest BCUT2D eigenvalue weighted by atomic mass is 32.2. The molecule has 162 valence electrons. The maximum absolute atomic E-state index is 13.6. The molecule has 0 aliphatic heterocycles. The van der Waals surface area contributed by atoms with Gasteiger partial charge in [0.15, 0.2) is 9.84 Å². The number of aromatic nitrogens is 2. The summed E-state index contributed by atoms with van der Waals surface area (Å²) >= 11 is 0. The van der Waals surface area contributed by atoms with Crippen LogP contribution < -0.4 is 5.32 Å². The average molecular weight is 444 g/mol. The number of nitrogens with one attached hydrogen (secondary N) is 1. The number of aliphatic hydroxyl groups is 1. The van der Waals surface area contributed by atoms with Gasteiger partial charge in [0.1, 0.15) is 17.2 Å². The van der Waals surface area contributed by atoms with E-state index in [-0.39, 0.29) is 21.8 Å². The van der Waals surface area contributed by atoms with E-state index < -0.39 is 27.2 Å². The third kappa shape index (κ3) is 4.62. The molecule has 0 fully saturated rings. The minimum atomic E-state index is -3.34. The minimum Gasteiger partial charge on any atom is -0.380 e. The van der Waals surface area contributed by atoms with Gasteiger partial charge in [-0.15, -0.1) is 0 Å². The molecule has 2 N–H and O–H groups in total. The van der Waals surface area contributed by atoms with Crippen LogP contribution in [-0.4, -0.2) is 35.7 Å². The molecule has 1 aromatic carbocycles. The lowest BCUT2D eigenvalue weighted by Gasteiger charge is -2.28. The van der Waals surface area contributed by atoms with Crippen molar-refractivity contribution in [3.05, 3.63) is 83.1 Å². The number of hydrogen-bond donors (Lipinski definition) is 2. The van der Waals surface area contributed by atoms with Crippen molar-refractivity contribution in [3.63, 3.8) is 0 Å². The van der Waals surface area contributed by atoms with Crippen LogP contribution in [0, 0.1) is 12.7 Å². The Bertz CT molecular complexity index is 1210. The number of carbonyl (C=O) groups excluding carboxylic acids is 1. The van der Waals surface area contributed by atoms with Crippen molar-refractivity contribution in [1.29, 1.82) is 0 Å². The van der Waals surface area contributed by atoms with Gasteiger partial charge in [0.05, 0.1) is 16.7 Å². The molecule has 7 nitrogen and oxygen atoms in total. The van der Waals surface area contributed by atoms with E-state index in [9.17, 15) is 22.7 Å². The Balaban J connectivity index is 1.85. The fourth-order valence-electron chi connectivity index (χ4n) is 3.18. The van der Waals surface area contributed by atoms with Crippen LogP contribution in [0.3, 0.4) is 0 Å². The quantitative estimate of drug-likeness (QED) is 0.605. The lowest BCUT2D eigenvalue weighted by atomic mass is 9.85. The summed E-state index contributed by atoms with van der Waals surface area (Å²) in [5.74, 6) is -0.902. The average Bonchev–Trinajstić information content (AvgIpc) is 2.75. The van der Waals surface area contributed by atoms with Gasteiger partial charge in [-0.1, -0.05) is 25.1 Å². The molecule has 0 spiro atoms. The Kier molecular flexibility index (Phi) is 6.19. The molecule has 9 heteroatoms. The van der Waals surface area contributed by atoms with Crippen molar-refractivity contribution >= 4 is 21.6 Å². The van der Waals surface area contributed by atoms with Crippen LogP contribution in [0.5, 0.6) is 0 Å². The number of carbonyl (C=O) groups is 1. The number of anilines is 1. The molecule has 3 aromatic rings. The second kappa shape index (κ2) is 8.52. The Hall–Kier alpha value is -3.17. The summed E-state index contributed by atoms with van der Waals surface area (Å²) in [4.78, 5) is 20.4. The Morgan fingerprint density at radius 2 is 1.74 bits per heavy atom. The number of sulfone groups is 1. The standard InChI is InChI=1S/C22H22FN3O4S/c1-4-22(28,15-5-8-17(9-6-15)31(3,29)30)16-7-10-20(25-11-16)26-21(27)18-12-24-13-19(23)14(18)2/h5-13,28H,4H2,1-3H3,(H,25,26,27). The highest BCUT2D eigenvalue weighted by molar-refractivity contribution is 7.90. The molecule has 1 atom stereocenters. The third-order valence-corrected chi connectivity index (χ3v) is 6.28.